The van der Waals surface area contributed by atoms with Gasteiger partial charge in [-0.15, -0.1) is 0 Å². The molecule has 0 aliphatic carbocycles. The first kappa shape index (κ1) is 13.8. The van der Waals surface area contributed by atoms with Crippen LogP contribution in [0.5, 0.6) is 0 Å². The zero-order valence-electron chi connectivity index (χ0n) is 8.93. The van der Waals surface area contributed by atoms with Gasteiger partial charge in [0.1, 0.15) is 11.6 Å². The lowest BCUT2D eigenvalue weighted by Crippen LogP contribution is -1.98. The van der Waals surface area contributed by atoms with Gasteiger partial charge in [-0.25, -0.2) is 8.78 Å². The van der Waals surface area contributed by atoms with Crippen LogP contribution in [0.3, 0.4) is 0 Å². The van der Waals surface area contributed by atoms with E-state index in [4.69, 9.17) is 23.2 Å². The minimum absolute atomic E-state index is 0.180. The summed E-state index contributed by atoms with van der Waals surface area (Å²) in [7, 11) is 0. The highest BCUT2D eigenvalue weighted by atomic mass is 79.9. The van der Waals surface area contributed by atoms with E-state index in [0.717, 1.165) is 18.2 Å². The third kappa shape index (κ3) is 2.68. The average molecular weight is 352 g/mol. The molecule has 2 aromatic rings. The summed E-state index contributed by atoms with van der Waals surface area (Å²) in [5.74, 6) is -1.01. The van der Waals surface area contributed by atoms with Gasteiger partial charge < -0.3 is 0 Å². The highest BCUT2D eigenvalue weighted by Crippen LogP contribution is 2.39. The first-order valence-corrected chi connectivity index (χ1v) is 6.71. The standard InChI is InChI=1S/C13H7BrCl2F2/c14-12(8-2-1-3-10(15)13(8)16)9-6-7(17)4-5-11(9)18/h1-6,12H. The summed E-state index contributed by atoms with van der Waals surface area (Å²) >= 11 is 15.3. The molecular formula is C13H7BrCl2F2. The fourth-order valence-electron chi connectivity index (χ4n) is 1.59. The van der Waals surface area contributed by atoms with Crippen LogP contribution in [-0.2, 0) is 0 Å². The summed E-state index contributed by atoms with van der Waals surface area (Å²) in [5.41, 5.74) is 0.771. The van der Waals surface area contributed by atoms with Crippen molar-refractivity contribution >= 4 is 39.1 Å². The first-order chi connectivity index (χ1) is 8.50. The number of hydrogen-bond acceptors (Lipinski definition) is 0. The maximum absolute atomic E-state index is 13.7. The SMILES string of the molecule is Fc1ccc(F)c(C(Br)c2cccc(Cl)c2Cl)c1. The van der Waals surface area contributed by atoms with Crippen molar-refractivity contribution in [3.8, 4) is 0 Å². The van der Waals surface area contributed by atoms with Gasteiger partial charge >= 0.3 is 0 Å². The van der Waals surface area contributed by atoms with Crippen LogP contribution in [-0.4, -0.2) is 0 Å². The maximum atomic E-state index is 13.7. The molecule has 1 unspecified atom stereocenters. The first-order valence-electron chi connectivity index (χ1n) is 5.03. The van der Waals surface area contributed by atoms with Crippen LogP contribution in [0.4, 0.5) is 8.78 Å². The van der Waals surface area contributed by atoms with Gasteiger partial charge in [0, 0.05) is 5.56 Å². The molecule has 0 bridgehead atoms. The molecule has 0 heterocycles. The lowest BCUT2D eigenvalue weighted by Gasteiger charge is -2.14. The van der Waals surface area contributed by atoms with E-state index in [-0.39, 0.29) is 5.56 Å². The van der Waals surface area contributed by atoms with E-state index in [0.29, 0.717) is 15.6 Å². The molecule has 0 fully saturated rings. The van der Waals surface area contributed by atoms with E-state index in [1.54, 1.807) is 18.2 Å². The summed E-state index contributed by atoms with van der Waals surface area (Å²) in [5, 5.41) is 0.695. The Morgan fingerprint density at radius 1 is 1.00 bits per heavy atom. The molecule has 0 aliphatic rings. The molecule has 18 heavy (non-hydrogen) atoms. The van der Waals surface area contributed by atoms with Crippen molar-refractivity contribution in [1.29, 1.82) is 0 Å². The van der Waals surface area contributed by atoms with Crippen LogP contribution in [0, 0.1) is 11.6 Å². The summed E-state index contributed by atoms with van der Waals surface area (Å²) in [6, 6.07) is 8.32. The van der Waals surface area contributed by atoms with Crippen molar-refractivity contribution in [2.75, 3.05) is 0 Å². The van der Waals surface area contributed by atoms with E-state index in [1.807, 2.05) is 0 Å². The van der Waals surface area contributed by atoms with E-state index < -0.39 is 16.5 Å². The Bertz CT molecular complexity index is 585. The molecule has 2 rings (SSSR count). The summed E-state index contributed by atoms with van der Waals surface area (Å²) in [6.07, 6.45) is 0. The van der Waals surface area contributed by atoms with Crippen molar-refractivity contribution in [2.24, 2.45) is 0 Å². The second-order valence-electron chi connectivity index (χ2n) is 3.67. The van der Waals surface area contributed by atoms with Crippen molar-refractivity contribution in [3.63, 3.8) is 0 Å². The lowest BCUT2D eigenvalue weighted by atomic mass is 10.0. The molecule has 0 aliphatic heterocycles. The van der Waals surface area contributed by atoms with Crippen molar-refractivity contribution in [2.45, 2.75) is 4.83 Å². The van der Waals surface area contributed by atoms with Crippen LogP contribution < -0.4 is 0 Å². The van der Waals surface area contributed by atoms with Gasteiger partial charge in [0.15, 0.2) is 0 Å². The predicted octanol–water partition coefficient (Wildman–Crippen LogP) is 5.76. The lowest BCUT2D eigenvalue weighted by molar-refractivity contribution is 0.588. The predicted molar refractivity (Wildman–Crippen MR) is 73.6 cm³/mol. The number of alkyl halides is 1. The summed E-state index contributed by atoms with van der Waals surface area (Å²) < 4.78 is 26.8. The van der Waals surface area contributed by atoms with Crippen LogP contribution >= 0.6 is 39.1 Å². The minimum atomic E-state index is -0.556. The number of rotatable bonds is 2. The van der Waals surface area contributed by atoms with Crippen LogP contribution in [0.25, 0.3) is 0 Å². The molecule has 0 spiro atoms. The Labute approximate surface area is 122 Å². The molecular weight excluding hydrogens is 345 g/mol. The number of halogens is 5. The highest BCUT2D eigenvalue weighted by molar-refractivity contribution is 9.09. The zero-order chi connectivity index (χ0) is 13.3. The molecule has 94 valence electrons. The van der Waals surface area contributed by atoms with Crippen LogP contribution in [0.15, 0.2) is 36.4 Å². The fraction of sp³-hybridized carbons (Fsp3) is 0.0769. The third-order valence-corrected chi connectivity index (χ3v) is 4.31. The molecule has 1 atom stereocenters. The van der Waals surface area contributed by atoms with E-state index >= 15 is 0 Å². The maximum Gasteiger partial charge on any atom is 0.128 e. The molecule has 0 radical (unpaired) electrons. The highest BCUT2D eigenvalue weighted by Gasteiger charge is 2.19. The van der Waals surface area contributed by atoms with Crippen LogP contribution in [0.1, 0.15) is 16.0 Å². The van der Waals surface area contributed by atoms with Gasteiger partial charge in [-0.1, -0.05) is 51.3 Å². The van der Waals surface area contributed by atoms with E-state index in [9.17, 15) is 8.78 Å². The monoisotopic (exact) mass is 350 g/mol. The summed E-state index contributed by atoms with van der Waals surface area (Å²) in [6.45, 7) is 0. The van der Waals surface area contributed by atoms with Gasteiger partial charge in [0.05, 0.1) is 14.9 Å². The third-order valence-electron chi connectivity index (χ3n) is 2.49. The van der Waals surface area contributed by atoms with E-state index in [1.165, 1.54) is 0 Å². The summed E-state index contributed by atoms with van der Waals surface area (Å²) in [4.78, 5) is -0.556. The van der Waals surface area contributed by atoms with Crippen molar-refractivity contribution < 1.29 is 8.78 Å². The van der Waals surface area contributed by atoms with Gasteiger partial charge in [0.25, 0.3) is 0 Å². The number of hydrogen-bond donors (Lipinski definition) is 0. The molecule has 2 aromatic carbocycles. The normalized spacial score (nSPS) is 12.5. The largest absolute Gasteiger partial charge is 0.207 e. The molecule has 0 N–H and O–H groups in total. The molecule has 0 saturated carbocycles. The Morgan fingerprint density at radius 3 is 2.44 bits per heavy atom. The van der Waals surface area contributed by atoms with Gasteiger partial charge in [0.2, 0.25) is 0 Å². The quantitative estimate of drug-likeness (QED) is 0.604. The van der Waals surface area contributed by atoms with Crippen molar-refractivity contribution in [3.05, 3.63) is 69.2 Å². The molecule has 0 amide bonds. The average Bonchev–Trinajstić information content (AvgIpc) is 2.35. The Morgan fingerprint density at radius 2 is 1.72 bits per heavy atom. The zero-order valence-corrected chi connectivity index (χ0v) is 12.0. The molecule has 0 aromatic heterocycles. The van der Waals surface area contributed by atoms with E-state index in [2.05, 4.69) is 15.9 Å². The van der Waals surface area contributed by atoms with Gasteiger partial charge in [-0.3, -0.25) is 0 Å². The van der Waals surface area contributed by atoms with Gasteiger partial charge in [-0.2, -0.15) is 0 Å². The molecule has 0 nitrogen and oxygen atoms in total. The smallest absolute Gasteiger partial charge is 0.128 e. The van der Waals surface area contributed by atoms with Gasteiger partial charge in [-0.05, 0) is 29.8 Å². The topological polar surface area (TPSA) is 0 Å². The molecule has 5 heteroatoms. The fourth-order valence-corrected chi connectivity index (χ4v) is 2.87. The Hall–Kier alpha value is -0.640. The second-order valence-corrected chi connectivity index (χ2v) is 5.37. The van der Waals surface area contributed by atoms with Crippen molar-refractivity contribution in [1.82, 2.24) is 0 Å². The Balaban J connectivity index is 2.51. The van der Waals surface area contributed by atoms with Crippen LogP contribution in [0.2, 0.25) is 10.0 Å². The second kappa shape index (κ2) is 5.55. The number of benzene rings is 2. The Kier molecular flexibility index (Phi) is 4.25. The minimum Gasteiger partial charge on any atom is -0.207 e. The molecule has 0 saturated heterocycles.